The maximum atomic E-state index is 13.4. The normalized spacial score (nSPS) is 11.9. The summed E-state index contributed by atoms with van der Waals surface area (Å²) >= 11 is 0. The quantitative estimate of drug-likeness (QED) is 0.782. The van der Waals surface area contributed by atoms with Gasteiger partial charge in [0, 0.05) is 11.6 Å². The number of carbonyl (C=O) groups is 1. The number of carbonyl (C=O) groups excluding carboxylic acids is 1. The first-order valence-corrected chi connectivity index (χ1v) is 7.02. The van der Waals surface area contributed by atoms with Crippen LogP contribution in [0.25, 0.3) is 16.9 Å². The summed E-state index contributed by atoms with van der Waals surface area (Å²) in [5, 5.41) is 3.60. The van der Waals surface area contributed by atoms with Gasteiger partial charge in [-0.1, -0.05) is 12.1 Å². The Hall–Kier alpha value is -2.90. The van der Waals surface area contributed by atoms with Crippen molar-refractivity contribution in [2.75, 3.05) is 0 Å². The van der Waals surface area contributed by atoms with E-state index in [9.17, 15) is 18.0 Å². The highest BCUT2D eigenvalue weighted by Gasteiger charge is 2.35. The topological polar surface area (TPSA) is 73.3 Å². The molecule has 1 amide bonds. The maximum Gasteiger partial charge on any atom is 0.433 e. The van der Waals surface area contributed by atoms with E-state index in [2.05, 4.69) is 10.1 Å². The minimum atomic E-state index is -4.66. The van der Waals surface area contributed by atoms with Crippen LogP contribution in [0, 0.1) is 13.8 Å². The van der Waals surface area contributed by atoms with E-state index in [1.807, 2.05) is 19.9 Å². The van der Waals surface area contributed by atoms with Crippen molar-refractivity contribution in [3.05, 3.63) is 52.8 Å². The van der Waals surface area contributed by atoms with Crippen LogP contribution in [0.3, 0.4) is 0 Å². The molecule has 124 valence electrons. The largest absolute Gasteiger partial charge is 0.433 e. The van der Waals surface area contributed by atoms with Crippen LogP contribution in [-0.2, 0) is 6.18 Å². The third-order valence-corrected chi connectivity index (χ3v) is 3.77. The molecule has 0 saturated heterocycles. The summed E-state index contributed by atoms with van der Waals surface area (Å²) in [6.45, 7) is 3.78. The lowest BCUT2D eigenvalue weighted by Gasteiger charge is -2.11. The van der Waals surface area contributed by atoms with E-state index in [1.54, 1.807) is 12.1 Å². The number of aryl methyl sites for hydroxylation is 2. The van der Waals surface area contributed by atoms with Gasteiger partial charge in [-0.05, 0) is 37.1 Å². The number of nitrogens with zero attached hydrogens (tertiary/aromatic N) is 3. The lowest BCUT2D eigenvalue weighted by Crippen LogP contribution is -2.15. The Labute approximate surface area is 134 Å². The van der Waals surface area contributed by atoms with Gasteiger partial charge in [0.05, 0.1) is 5.69 Å². The van der Waals surface area contributed by atoms with Gasteiger partial charge in [0.15, 0.2) is 17.0 Å². The van der Waals surface area contributed by atoms with Crippen molar-refractivity contribution >= 4 is 11.6 Å². The zero-order valence-corrected chi connectivity index (χ0v) is 12.8. The van der Waals surface area contributed by atoms with Crippen molar-refractivity contribution in [3.8, 4) is 11.3 Å². The Morgan fingerprint density at radius 3 is 2.42 bits per heavy atom. The minimum Gasteiger partial charge on any atom is -0.364 e. The monoisotopic (exact) mass is 334 g/mol. The van der Waals surface area contributed by atoms with E-state index in [1.165, 1.54) is 0 Å². The van der Waals surface area contributed by atoms with Crippen LogP contribution >= 0.6 is 0 Å². The lowest BCUT2D eigenvalue weighted by molar-refractivity contribution is -0.142. The van der Waals surface area contributed by atoms with Gasteiger partial charge in [-0.2, -0.15) is 18.3 Å². The molecule has 0 aliphatic rings. The molecule has 0 unspecified atom stereocenters. The highest BCUT2D eigenvalue weighted by molar-refractivity contribution is 5.91. The van der Waals surface area contributed by atoms with Gasteiger partial charge in [-0.3, -0.25) is 4.79 Å². The Kier molecular flexibility index (Phi) is 3.55. The molecule has 8 heteroatoms. The van der Waals surface area contributed by atoms with Gasteiger partial charge in [0.2, 0.25) is 0 Å². The van der Waals surface area contributed by atoms with Gasteiger partial charge in [0.25, 0.3) is 5.91 Å². The van der Waals surface area contributed by atoms with Crippen molar-refractivity contribution in [1.29, 1.82) is 0 Å². The molecule has 0 bridgehead atoms. The second-order valence-electron chi connectivity index (χ2n) is 5.49. The van der Waals surface area contributed by atoms with Crippen molar-refractivity contribution in [3.63, 3.8) is 0 Å². The molecule has 0 spiro atoms. The number of alkyl halides is 3. The molecule has 0 aliphatic carbocycles. The van der Waals surface area contributed by atoms with Gasteiger partial charge in [0.1, 0.15) is 0 Å². The van der Waals surface area contributed by atoms with Gasteiger partial charge in [-0.15, -0.1) is 0 Å². The highest BCUT2D eigenvalue weighted by Crippen LogP contribution is 2.32. The summed E-state index contributed by atoms with van der Waals surface area (Å²) in [5.74, 6) is -0.915. The van der Waals surface area contributed by atoms with Gasteiger partial charge >= 0.3 is 6.18 Å². The Bertz CT molecular complexity index is 960. The number of nitrogens with two attached hydrogens (primary N) is 1. The van der Waals surface area contributed by atoms with Gasteiger partial charge in [-0.25, -0.2) is 9.50 Å². The number of rotatable bonds is 2. The first-order valence-electron chi connectivity index (χ1n) is 7.02. The molecular formula is C16H13F3N4O. The molecule has 1 aromatic carbocycles. The van der Waals surface area contributed by atoms with E-state index in [4.69, 9.17) is 5.73 Å². The Morgan fingerprint density at radius 2 is 1.83 bits per heavy atom. The summed E-state index contributed by atoms with van der Waals surface area (Å²) in [7, 11) is 0. The SMILES string of the molecule is Cc1ccc(-c2cc(C(F)(F)F)n3nc(C(N)=O)cc3n2)cc1C. The molecule has 0 aliphatic heterocycles. The first kappa shape index (κ1) is 16.0. The number of primary amides is 1. The fraction of sp³-hybridized carbons (Fsp3) is 0.188. The summed E-state index contributed by atoms with van der Waals surface area (Å²) in [6.07, 6.45) is -4.66. The van der Waals surface area contributed by atoms with Gasteiger partial charge < -0.3 is 5.73 Å². The fourth-order valence-corrected chi connectivity index (χ4v) is 2.35. The molecule has 5 nitrogen and oxygen atoms in total. The third-order valence-electron chi connectivity index (χ3n) is 3.77. The smallest absolute Gasteiger partial charge is 0.364 e. The number of hydrogen-bond donors (Lipinski definition) is 1. The molecular weight excluding hydrogens is 321 g/mol. The van der Waals surface area contributed by atoms with Crippen LogP contribution in [0.15, 0.2) is 30.3 Å². The van der Waals surface area contributed by atoms with Crippen LogP contribution in [0.2, 0.25) is 0 Å². The molecule has 0 fully saturated rings. The molecule has 3 aromatic rings. The number of halogens is 3. The molecule has 24 heavy (non-hydrogen) atoms. The number of amides is 1. The van der Waals surface area contributed by atoms with Crippen LogP contribution in [0.4, 0.5) is 13.2 Å². The number of benzene rings is 1. The molecule has 2 aromatic heterocycles. The molecule has 2 heterocycles. The average molecular weight is 334 g/mol. The standard InChI is InChI=1S/C16H13F3N4O/c1-8-3-4-10(5-9(8)2)11-6-13(16(17,18)19)23-14(21-11)7-12(22-23)15(20)24/h3-7H,1-2H3,(H2,20,24). The molecule has 0 radical (unpaired) electrons. The summed E-state index contributed by atoms with van der Waals surface area (Å²) in [6, 6.07) is 7.33. The van der Waals surface area contributed by atoms with Crippen molar-refractivity contribution < 1.29 is 18.0 Å². The van der Waals surface area contributed by atoms with Crippen LogP contribution < -0.4 is 5.73 Å². The molecule has 3 rings (SSSR count). The maximum absolute atomic E-state index is 13.4. The number of aromatic nitrogens is 3. The van der Waals surface area contributed by atoms with E-state index in [-0.39, 0.29) is 17.0 Å². The molecule has 0 saturated carbocycles. The Morgan fingerprint density at radius 1 is 1.12 bits per heavy atom. The average Bonchev–Trinajstić information content (AvgIpc) is 2.92. The molecule has 2 N–H and O–H groups in total. The zero-order chi connectivity index (χ0) is 17.6. The van der Waals surface area contributed by atoms with E-state index in [0.717, 1.165) is 23.3 Å². The van der Waals surface area contributed by atoms with Crippen molar-refractivity contribution in [2.45, 2.75) is 20.0 Å². The highest BCUT2D eigenvalue weighted by atomic mass is 19.4. The predicted octanol–water partition coefficient (Wildman–Crippen LogP) is 3.13. The fourth-order valence-electron chi connectivity index (χ4n) is 2.35. The first-order chi connectivity index (χ1) is 11.2. The third kappa shape index (κ3) is 2.70. The van der Waals surface area contributed by atoms with E-state index < -0.39 is 17.8 Å². The number of fused-ring (bicyclic) bond motifs is 1. The zero-order valence-electron chi connectivity index (χ0n) is 12.8. The summed E-state index contributed by atoms with van der Waals surface area (Å²) in [5.41, 5.74) is 6.37. The summed E-state index contributed by atoms with van der Waals surface area (Å²) < 4.78 is 40.7. The summed E-state index contributed by atoms with van der Waals surface area (Å²) in [4.78, 5) is 15.4. The van der Waals surface area contributed by atoms with Crippen LogP contribution in [-0.4, -0.2) is 20.5 Å². The van der Waals surface area contributed by atoms with Crippen LogP contribution in [0.5, 0.6) is 0 Å². The van der Waals surface area contributed by atoms with E-state index >= 15 is 0 Å². The van der Waals surface area contributed by atoms with Crippen molar-refractivity contribution in [1.82, 2.24) is 14.6 Å². The van der Waals surface area contributed by atoms with E-state index in [0.29, 0.717) is 10.1 Å². The number of hydrogen-bond acceptors (Lipinski definition) is 3. The van der Waals surface area contributed by atoms with Crippen LogP contribution in [0.1, 0.15) is 27.3 Å². The second-order valence-corrected chi connectivity index (χ2v) is 5.49. The predicted molar refractivity (Wildman–Crippen MR) is 81.4 cm³/mol. The molecule has 0 atom stereocenters. The second kappa shape index (κ2) is 5.33. The lowest BCUT2D eigenvalue weighted by atomic mass is 10.0. The van der Waals surface area contributed by atoms with Crippen molar-refractivity contribution in [2.24, 2.45) is 5.73 Å². The minimum absolute atomic E-state index is 0.0909. The Balaban J connectivity index is 2.29.